The minimum absolute atomic E-state index is 0.0744. The van der Waals surface area contributed by atoms with Crippen LogP contribution < -0.4 is 11.1 Å². The first kappa shape index (κ1) is 24.4. The smallest absolute Gasteiger partial charge is 0.404 e. The molecular weight excluding hydrogens is 380 g/mol. The number of imide groups is 1. The zero-order valence-electron chi connectivity index (χ0n) is 16.9. The molecule has 1 saturated heterocycles. The predicted molar refractivity (Wildman–Crippen MR) is 103 cm³/mol. The summed E-state index contributed by atoms with van der Waals surface area (Å²) < 4.78 is 9.81. The van der Waals surface area contributed by atoms with Crippen molar-refractivity contribution >= 4 is 23.9 Å². The molecule has 0 saturated carbocycles. The molecule has 1 aliphatic heterocycles. The third kappa shape index (κ3) is 9.94. The van der Waals surface area contributed by atoms with E-state index >= 15 is 0 Å². The van der Waals surface area contributed by atoms with E-state index in [-0.39, 0.29) is 44.3 Å². The summed E-state index contributed by atoms with van der Waals surface area (Å²) in [6.45, 7) is 4.69. The van der Waals surface area contributed by atoms with Gasteiger partial charge in [0.2, 0.25) is 11.8 Å². The standard InChI is InChI=1S/C20H30N2O7/c1-13(2)11-14(5-3-4-8-28-9-10-29-20(21)27)12-16(19(25)26)15-6-7-17(23)22-18(15)24/h13-16H,4,6-12H2,1-2H3,(H2,21,27)(H,25,26)(H,22,23,24). The summed E-state index contributed by atoms with van der Waals surface area (Å²) in [4.78, 5) is 45.6. The number of rotatable bonds is 11. The minimum Gasteiger partial charge on any atom is -0.481 e. The molecule has 0 spiro atoms. The average molecular weight is 410 g/mol. The van der Waals surface area contributed by atoms with Gasteiger partial charge in [-0.2, -0.15) is 0 Å². The molecule has 0 aromatic carbocycles. The fourth-order valence-electron chi connectivity index (χ4n) is 3.26. The summed E-state index contributed by atoms with van der Waals surface area (Å²) in [7, 11) is 0. The molecule has 9 heteroatoms. The first-order chi connectivity index (χ1) is 13.7. The Bertz CT molecular complexity index is 651. The van der Waals surface area contributed by atoms with E-state index in [9.17, 15) is 24.3 Å². The number of primary amides is 1. The summed E-state index contributed by atoms with van der Waals surface area (Å²) in [5.74, 6) is 2.70. The van der Waals surface area contributed by atoms with Gasteiger partial charge in [-0.1, -0.05) is 19.8 Å². The van der Waals surface area contributed by atoms with Gasteiger partial charge in [0.25, 0.3) is 0 Å². The fraction of sp³-hybridized carbons (Fsp3) is 0.700. The van der Waals surface area contributed by atoms with E-state index in [1.165, 1.54) is 0 Å². The number of hydrogen-bond donors (Lipinski definition) is 3. The number of piperidine rings is 1. The van der Waals surface area contributed by atoms with Gasteiger partial charge >= 0.3 is 12.1 Å². The second kappa shape index (κ2) is 12.8. The van der Waals surface area contributed by atoms with E-state index in [4.69, 9.17) is 10.5 Å². The first-order valence-corrected chi connectivity index (χ1v) is 9.75. The van der Waals surface area contributed by atoms with Crippen LogP contribution in [0.25, 0.3) is 0 Å². The van der Waals surface area contributed by atoms with Crippen LogP contribution in [-0.2, 0) is 23.9 Å². The molecule has 4 N–H and O–H groups in total. The molecule has 0 aromatic rings. The van der Waals surface area contributed by atoms with Crippen molar-refractivity contribution < 1.29 is 33.8 Å². The molecule has 29 heavy (non-hydrogen) atoms. The SMILES string of the molecule is CC(C)CC(C#CCCOCCOC(N)=O)CC(C(=O)O)C1CCC(=O)NC1=O. The Morgan fingerprint density at radius 3 is 2.55 bits per heavy atom. The largest absolute Gasteiger partial charge is 0.481 e. The zero-order chi connectivity index (χ0) is 21.8. The van der Waals surface area contributed by atoms with Gasteiger partial charge in [0.15, 0.2) is 0 Å². The summed E-state index contributed by atoms with van der Waals surface area (Å²) in [5.41, 5.74) is 4.84. The van der Waals surface area contributed by atoms with Crippen LogP contribution in [-0.4, -0.2) is 48.8 Å². The van der Waals surface area contributed by atoms with E-state index in [1.54, 1.807) is 0 Å². The van der Waals surface area contributed by atoms with Gasteiger partial charge in [0.1, 0.15) is 6.61 Å². The molecule has 1 fully saturated rings. The summed E-state index contributed by atoms with van der Waals surface area (Å²) in [5, 5.41) is 11.9. The Labute approximate surface area is 170 Å². The summed E-state index contributed by atoms with van der Waals surface area (Å²) >= 11 is 0. The number of carboxylic acids is 1. The molecule has 0 aliphatic carbocycles. The van der Waals surface area contributed by atoms with Crippen LogP contribution in [0.5, 0.6) is 0 Å². The topological polar surface area (TPSA) is 145 Å². The quantitative estimate of drug-likeness (QED) is 0.264. The molecule has 3 atom stereocenters. The highest BCUT2D eigenvalue weighted by Gasteiger charge is 2.38. The maximum absolute atomic E-state index is 12.1. The first-order valence-electron chi connectivity index (χ1n) is 9.75. The van der Waals surface area contributed by atoms with E-state index in [0.29, 0.717) is 25.4 Å². The Morgan fingerprint density at radius 2 is 1.97 bits per heavy atom. The Balaban J connectivity index is 2.62. The molecule has 1 heterocycles. The van der Waals surface area contributed by atoms with Crippen molar-refractivity contribution in [3.05, 3.63) is 0 Å². The van der Waals surface area contributed by atoms with Crippen molar-refractivity contribution in [2.24, 2.45) is 29.4 Å². The molecule has 0 radical (unpaired) electrons. The Morgan fingerprint density at radius 1 is 1.24 bits per heavy atom. The second-order valence-corrected chi connectivity index (χ2v) is 7.42. The molecular formula is C20H30N2O7. The van der Waals surface area contributed by atoms with Gasteiger partial charge in [-0.3, -0.25) is 19.7 Å². The third-order valence-electron chi connectivity index (χ3n) is 4.53. The molecule has 3 unspecified atom stereocenters. The van der Waals surface area contributed by atoms with Crippen molar-refractivity contribution in [3.63, 3.8) is 0 Å². The number of ether oxygens (including phenoxy) is 2. The van der Waals surface area contributed by atoms with Crippen LogP contribution in [0, 0.1) is 35.5 Å². The van der Waals surface area contributed by atoms with Crippen LogP contribution in [0.4, 0.5) is 4.79 Å². The van der Waals surface area contributed by atoms with Gasteiger partial charge in [-0.25, -0.2) is 4.79 Å². The van der Waals surface area contributed by atoms with Gasteiger partial charge in [-0.15, -0.1) is 5.92 Å². The van der Waals surface area contributed by atoms with Crippen molar-refractivity contribution in [3.8, 4) is 11.8 Å². The Hall–Kier alpha value is -2.60. The van der Waals surface area contributed by atoms with E-state index in [2.05, 4.69) is 21.9 Å². The summed E-state index contributed by atoms with van der Waals surface area (Å²) in [6, 6.07) is 0. The highest BCUT2D eigenvalue weighted by atomic mass is 16.6. The highest BCUT2D eigenvalue weighted by molar-refractivity contribution is 6.00. The van der Waals surface area contributed by atoms with Crippen molar-refractivity contribution in [1.29, 1.82) is 0 Å². The van der Waals surface area contributed by atoms with E-state index in [1.807, 2.05) is 13.8 Å². The average Bonchev–Trinajstić information content (AvgIpc) is 2.61. The van der Waals surface area contributed by atoms with Gasteiger partial charge in [-0.05, 0) is 25.2 Å². The molecule has 1 rings (SSSR count). The highest BCUT2D eigenvalue weighted by Crippen LogP contribution is 2.30. The summed E-state index contributed by atoms with van der Waals surface area (Å²) in [6.07, 6.45) is 0.940. The van der Waals surface area contributed by atoms with Gasteiger partial charge in [0, 0.05) is 18.8 Å². The number of carbonyl (C=O) groups excluding carboxylic acids is 3. The number of nitrogens with two attached hydrogens (primary N) is 1. The lowest BCUT2D eigenvalue weighted by molar-refractivity contribution is -0.151. The maximum atomic E-state index is 12.1. The van der Waals surface area contributed by atoms with Crippen molar-refractivity contribution in [2.75, 3.05) is 19.8 Å². The van der Waals surface area contributed by atoms with Crippen LogP contribution >= 0.6 is 0 Å². The minimum atomic E-state index is -1.05. The molecule has 0 bridgehead atoms. The fourth-order valence-corrected chi connectivity index (χ4v) is 3.26. The predicted octanol–water partition coefficient (Wildman–Crippen LogP) is 1.30. The molecule has 0 aromatic heterocycles. The molecule has 162 valence electrons. The second-order valence-electron chi connectivity index (χ2n) is 7.42. The lowest BCUT2D eigenvalue weighted by atomic mass is 9.78. The van der Waals surface area contributed by atoms with Crippen LogP contribution in [0.15, 0.2) is 0 Å². The lowest BCUT2D eigenvalue weighted by Crippen LogP contribution is -2.45. The van der Waals surface area contributed by atoms with Gasteiger partial charge < -0.3 is 20.3 Å². The zero-order valence-corrected chi connectivity index (χ0v) is 16.9. The normalized spacial score (nSPS) is 18.4. The number of aliphatic carboxylic acids is 1. The molecule has 3 amide bonds. The third-order valence-corrected chi connectivity index (χ3v) is 4.53. The number of carbonyl (C=O) groups is 4. The monoisotopic (exact) mass is 410 g/mol. The number of nitrogens with one attached hydrogen (secondary N) is 1. The molecule has 9 nitrogen and oxygen atoms in total. The number of amides is 3. The van der Waals surface area contributed by atoms with Crippen LogP contribution in [0.2, 0.25) is 0 Å². The van der Waals surface area contributed by atoms with Gasteiger partial charge in [0.05, 0.1) is 25.0 Å². The van der Waals surface area contributed by atoms with E-state index in [0.717, 1.165) is 0 Å². The number of hydrogen-bond acceptors (Lipinski definition) is 6. The maximum Gasteiger partial charge on any atom is 0.404 e. The van der Waals surface area contributed by atoms with Crippen LogP contribution in [0.3, 0.4) is 0 Å². The number of carboxylic acid groups (broad SMARTS) is 1. The van der Waals surface area contributed by atoms with Crippen LogP contribution in [0.1, 0.15) is 46.0 Å². The van der Waals surface area contributed by atoms with Crippen molar-refractivity contribution in [2.45, 2.75) is 46.0 Å². The molecule has 1 aliphatic rings. The van der Waals surface area contributed by atoms with E-state index < -0.39 is 29.8 Å². The Kier molecular flexibility index (Phi) is 10.8. The lowest BCUT2D eigenvalue weighted by Gasteiger charge is -2.28. The van der Waals surface area contributed by atoms with Crippen molar-refractivity contribution in [1.82, 2.24) is 5.32 Å².